The highest BCUT2D eigenvalue weighted by Crippen LogP contribution is 2.37. The summed E-state index contributed by atoms with van der Waals surface area (Å²) in [5.74, 6) is -4.64. The number of sulfone groups is 1. The van der Waals surface area contributed by atoms with Crippen molar-refractivity contribution >= 4 is 9.84 Å². The van der Waals surface area contributed by atoms with Crippen LogP contribution in [0.15, 0.2) is 29.2 Å². The Labute approximate surface area is 110 Å². The average molecular weight is 292 g/mol. The van der Waals surface area contributed by atoms with Crippen LogP contribution >= 0.6 is 0 Å². The molecule has 1 unspecified atom stereocenters. The molecule has 1 saturated carbocycles. The quantitative estimate of drug-likeness (QED) is 0.855. The smallest absolute Gasteiger partial charge is 0.224 e. The first-order valence-electron chi connectivity index (χ1n) is 6.15. The normalized spacial score (nSPS) is 23.2. The zero-order chi connectivity index (χ0) is 14.1. The summed E-state index contributed by atoms with van der Waals surface area (Å²) in [6, 6.07) is 5.04. The van der Waals surface area contributed by atoms with E-state index >= 15 is 0 Å². The van der Waals surface area contributed by atoms with Crippen molar-refractivity contribution < 1.29 is 21.6 Å². The fourth-order valence-electron chi connectivity index (χ4n) is 2.52. The molecule has 1 aliphatic rings. The Morgan fingerprint density at radius 1 is 1.26 bits per heavy atom. The lowest BCUT2D eigenvalue weighted by Gasteiger charge is -2.28. The summed E-state index contributed by atoms with van der Waals surface area (Å²) in [5, 5.41) is 0. The second-order valence-corrected chi connectivity index (χ2v) is 7.03. The fourth-order valence-corrected chi connectivity index (χ4v) is 4.25. The Morgan fingerprint density at radius 2 is 1.95 bits per heavy atom. The number of hydrogen-bond donors (Lipinski definition) is 0. The van der Waals surface area contributed by atoms with Crippen LogP contribution in [0.1, 0.15) is 25.7 Å². The summed E-state index contributed by atoms with van der Waals surface area (Å²) >= 11 is 0. The van der Waals surface area contributed by atoms with E-state index in [9.17, 15) is 21.6 Å². The summed E-state index contributed by atoms with van der Waals surface area (Å²) in [6.45, 7) is 0. The molecule has 1 aliphatic carbocycles. The third kappa shape index (κ3) is 3.49. The van der Waals surface area contributed by atoms with Gasteiger partial charge in [-0.15, -0.1) is 0 Å². The molecular formula is C13H15F3O2S. The third-order valence-corrected chi connectivity index (χ3v) is 5.28. The van der Waals surface area contributed by atoms with Gasteiger partial charge in [-0.1, -0.05) is 12.1 Å². The van der Waals surface area contributed by atoms with E-state index in [1.54, 1.807) is 0 Å². The van der Waals surface area contributed by atoms with Crippen molar-refractivity contribution in [3.05, 3.63) is 30.1 Å². The van der Waals surface area contributed by atoms with E-state index < -0.39 is 44.6 Å². The van der Waals surface area contributed by atoms with Crippen LogP contribution in [0.4, 0.5) is 13.2 Å². The molecule has 0 heterocycles. The molecule has 0 spiro atoms. The number of halogens is 3. The van der Waals surface area contributed by atoms with Gasteiger partial charge < -0.3 is 0 Å². The molecule has 6 heteroatoms. The molecule has 0 amide bonds. The number of hydrogen-bond acceptors (Lipinski definition) is 2. The molecule has 0 aromatic heterocycles. The molecule has 1 aromatic carbocycles. The van der Waals surface area contributed by atoms with Crippen LogP contribution in [0.5, 0.6) is 0 Å². The van der Waals surface area contributed by atoms with Gasteiger partial charge in [0.15, 0.2) is 9.84 Å². The van der Waals surface area contributed by atoms with Crippen LogP contribution in [0, 0.1) is 11.7 Å². The van der Waals surface area contributed by atoms with E-state index in [1.807, 2.05) is 0 Å². The van der Waals surface area contributed by atoms with Gasteiger partial charge in [0.1, 0.15) is 10.7 Å². The van der Waals surface area contributed by atoms with Crippen molar-refractivity contribution in [1.29, 1.82) is 0 Å². The minimum absolute atomic E-state index is 0.191. The molecule has 0 saturated heterocycles. The van der Waals surface area contributed by atoms with Crippen LogP contribution in [0.3, 0.4) is 0 Å². The molecule has 2 nitrogen and oxygen atoms in total. The molecule has 0 radical (unpaired) electrons. The lowest BCUT2D eigenvalue weighted by Crippen LogP contribution is -2.30. The topological polar surface area (TPSA) is 34.1 Å². The maximum Gasteiger partial charge on any atom is 0.248 e. The summed E-state index contributed by atoms with van der Waals surface area (Å²) < 4.78 is 64.0. The van der Waals surface area contributed by atoms with Crippen LogP contribution in [0.2, 0.25) is 0 Å². The van der Waals surface area contributed by atoms with Crippen LogP contribution in [-0.2, 0) is 9.84 Å². The van der Waals surface area contributed by atoms with Gasteiger partial charge in [0.05, 0.1) is 5.75 Å². The van der Waals surface area contributed by atoms with E-state index in [4.69, 9.17) is 0 Å². The molecule has 106 valence electrons. The Kier molecular flexibility index (Phi) is 3.90. The van der Waals surface area contributed by atoms with Crippen molar-refractivity contribution in [3.63, 3.8) is 0 Å². The predicted molar refractivity (Wildman–Crippen MR) is 65.4 cm³/mol. The molecule has 1 fully saturated rings. The molecule has 0 aliphatic heterocycles. The number of benzene rings is 1. The monoisotopic (exact) mass is 292 g/mol. The van der Waals surface area contributed by atoms with Crippen molar-refractivity contribution in [2.75, 3.05) is 5.75 Å². The zero-order valence-corrected chi connectivity index (χ0v) is 11.1. The first-order valence-corrected chi connectivity index (χ1v) is 7.80. The van der Waals surface area contributed by atoms with Gasteiger partial charge in [-0.05, 0) is 30.9 Å². The SMILES string of the molecule is O=S(=O)(CC1CCCC(F)(F)C1)c1ccccc1F. The van der Waals surface area contributed by atoms with Gasteiger partial charge >= 0.3 is 0 Å². The zero-order valence-electron chi connectivity index (χ0n) is 10.3. The minimum Gasteiger partial charge on any atom is -0.224 e. The molecule has 1 aromatic rings. The Hall–Kier alpha value is -1.04. The van der Waals surface area contributed by atoms with Crippen molar-refractivity contribution in [2.24, 2.45) is 5.92 Å². The Morgan fingerprint density at radius 3 is 2.58 bits per heavy atom. The van der Waals surface area contributed by atoms with Gasteiger partial charge in [0.2, 0.25) is 5.92 Å². The summed E-state index contributed by atoms with van der Waals surface area (Å²) in [6.07, 6.45) is 0.137. The van der Waals surface area contributed by atoms with Crippen molar-refractivity contribution in [3.8, 4) is 0 Å². The maximum absolute atomic E-state index is 13.5. The second-order valence-electron chi connectivity index (χ2n) is 5.03. The highest BCUT2D eigenvalue weighted by molar-refractivity contribution is 7.91. The molecular weight excluding hydrogens is 277 g/mol. The lowest BCUT2D eigenvalue weighted by atomic mass is 9.88. The summed E-state index contributed by atoms with van der Waals surface area (Å²) in [4.78, 5) is -0.399. The van der Waals surface area contributed by atoms with E-state index in [1.165, 1.54) is 18.2 Å². The van der Waals surface area contributed by atoms with E-state index in [0.29, 0.717) is 12.8 Å². The van der Waals surface area contributed by atoms with Crippen LogP contribution in [0.25, 0.3) is 0 Å². The molecule has 0 bridgehead atoms. The van der Waals surface area contributed by atoms with Gasteiger partial charge in [0.25, 0.3) is 0 Å². The Bertz CT molecular complexity index is 555. The lowest BCUT2D eigenvalue weighted by molar-refractivity contribution is -0.0489. The first kappa shape index (κ1) is 14.4. The van der Waals surface area contributed by atoms with E-state index in [0.717, 1.165) is 6.07 Å². The highest BCUT2D eigenvalue weighted by Gasteiger charge is 2.38. The predicted octanol–water partition coefficient (Wildman–Crippen LogP) is 3.42. The van der Waals surface area contributed by atoms with Crippen LogP contribution in [-0.4, -0.2) is 20.1 Å². The van der Waals surface area contributed by atoms with Gasteiger partial charge in [0, 0.05) is 12.8 Å². The average Bonchev–Trinajstić information content (AvgIpc) is 2.27. The highest BCUT2D eigenvalue weighted by atomic mass is 32.2. The minimum atomic E-state index is -3.85. The van der Waals surface area contributed by atoms with Crippen molar-refractivity contribution in [2.45, 2.75) is 36.5 Å². The fraction of sp³-hybridized carbons (Fsp3) is 0.538. The largest absolute Gasteiger partial charge is 0.248 e. The third-order valence-electron chi connectivity index (χ3n) is 3.37. The van der Waals surface area contributed by atoms with Gasteiger partial charge in [-0.3, -0.25) is 0 Å². The number of alkyl halides is 2. The standard InChI is InChI=1S/C13H15F3O2S/c14-11-5-1-2-6-12(11)19(17,18)9-10-4-3-7-13(15,16)8-10/h1-2,5-6,10H,3-4,7-9H2. The van der Waals surface area contributed by atoms with E-state index in [2.05, 4.69) is 0 Å². The van der Waals surface area contributed by atoms with Gasteiger partial charge in [-0.2, -0.15) is 0 Å². The summed E-state index contributed by atoms with van der Waals surface area (Å²) in [7, 11) is -3.85. The maximum atomic E-state index is 13.5. The van der Waals surface area contributed by atoms with Gasteiger partial charge in [-0.25, -0.2) is 21.6 Å². The summed E-state index contributed by atoms with van der Waals surface area (Å²) in [5.41, 5.74) is 0. The molecule has 19 heavy (non-hydrogen) atoms. The number of rotatable bonds is 3. The Balaban J connectivity index is 2.16. The molecule has 1 atom stereocenters. The van der Waals surface area contributed by atoms with Crippen LogP contribution < -0.4 is 0 Å². The van der Waals surface area contributed by atoms with E-state index in [-0.39, 0.29) is 6.42 Å². The molecule has 0 N–H and O–H groups in total. The first-order chi connectivity index (χ1) is 8.80. The molecule has 2 rings (SSSR count). The second kappa shape index (κ2) is 5.15. The van der Waals surface area contributed by atoms with Crippen molar-refractivity contribution in [1.82, 2.24) is 0 Å².